The average molecular weight is 239 g/mol. The maximum Gasteiger partial charge on any atom is 0.303 e. The van der Waals surface area contributed by atoms with Crippen molar-refractivity contribution >= 4 is 5.97 Å². The number of aromatic hydroxyl groups is 1. The monoisotopic (exact) mass is 239 g/mol. The molecule has 94 valence electrons. The molecule has 1 atom stereocenters. The van der Waals surface area contributed by atoms with Gasteiger partial charge in [-0.05, 0) is 25.0 Å². The van der Waals surface area contributed by atoms with Gasteiger partial charge in [0.2, 0.25) is 0 Å². The largest absolute Gasteiger partial charge is 0.507 e. The summed E-state index contributed by atoms with van der Waals surface area (Å²) in [5, 5.41) is 18.4. The number of phenols is 1. The molecule has 0 spiro atoms. The third-order valence-corrected chi connectivity index (χ3v) is 2.61. The van der Waals surface area contributed by atoms with Gasteiger partial charge in [0.15, 0.2) is 0 Å². The number of benzene rings is 1. The molecule has 0 bridgehead atoms. The average Bonchev–Trinajstić information content (AvgIpc) is 2.28. The Morgan fingerprint density at radius 3 is 2.71 bits per heavy atom. The van der Waals surface area contributed by atoms with E-state index in [1.165, 1.54) is 13.2 Å². The van der Waals surface area contributed by atoms with E-state index in [0.717, 1.165) is 5.56 Å². The second-order valence-corrected chi connectivity index (χ2v) is 3.92. The normalized spacial score (nSPS) is 12.2. The number of nitrogens with two attached hydrogens (primary N) is 1. The van der Waals surface area contributed by atoms with E-state index in [-0.39, 0.29) is 18.6 Å². The van der Waals surface area contributed by atoms with Crippen LogP contribution >= 0.6 is 0 Å². The first-order valence-corrected chi connectivity index (χ1v) is 5.30. The maximum atomic E-state index is 10.4. The lowest BCUT2D eigenvalue weighted by atomic mass is 9.99. The molecule has 0 aromatic heterocycles. The molecule has 0 saturated heterocycles. The zero-order valence-electron chi connectivity index (χ0n) is 9.93. The van der Waals surface area contributed by atoms with Gasteiger partial charge in [0.25, 0.3) is 0 Å². The SMILES string of the molecule is COc1cc(O)c(C(N)CCC(=O)O)cc1C. The molecule has 0 saturated carbocycles. The first-order chi connectivity index (χ1) is 7.95. The highest BCUT2D eigenvalue weighted by Crippen LogP contribution is 2.32. The number of hydrogen-bond donors (Lipinski definition) is 3. The van der Waals surface area contributed by atoms with Crippen LogP contribution in [0.5, 0.6) is 11.5 Å². The summed E-state index contributed by atoms with van der Waals surface area (Å²) in [5.41, 5.74) is 7.24. The van der Waals surface area contributed by atoms with E-state index < -0.39 is 12.0 Å². The Hall–Kier alpha value is -1.75. The summed E-state index contributed by atoms with van der Waals surface area (Å²) < 4.78 is 5.06. The Morgan fingerprint density at radius 1 is 1.53 bits per heavy atom. The fraction of sp³-hybridized carbons (Fsp3) is 0.417. The van der Waals surface area contributed by atoms with Gasteiger partial charge in [-0.2, -0.15) is 0 Å². The molecule has 0 amide bonds. The second kappa shape index (κ2) is 5.54. The van der Waals surface area contributed by atoms with Crippen LogP contribution in [0.1, 0.15) is 30.0 Å². The third kappa shape index (κ3) is 3.35. The number of ether oxygens (including phenoxy) is 1. The van der Waals surface area contributed by atoms with Gasteiger partial charge < -0.3 is 20.7 Å². The van der Waals surface area contributed by atoms with Crippen molar-refractivity contribution in [1.82, 2.24) is 0 Å². The van der Waals surface area contributed by atoms with Crippen molar-refractivity contribution in [2.24, 2.45) is 5.73 Å². The second-order valence-electron chi connectivity index (χ2n) is 3.92. The Bertz CT molecular complexity index is 417. The molecule has 0 fully saturated rings. The van der Waals surface area contributed by atoms with Crippen LogP contribution in [-0.4, -0.2) is 23.3 Å². The van der Waals surface area contributed by atoms with Crippen LogP contribution in [0.4, 0.5) is 0 Å². The van der Waals surface area contributed by atoms with Gasteiger partial charge >= 0.3 is 5.97 Å². The summed E-state index contributed by atoms with van der Waals surface area (Å²) in [4.78, 5) is 10.4. The first-order valence-electron chi connectivity index (χ1n) is 5.30. The Labute approximate surface area is 99.8 Å². The van der Waals surface area contributed by atoms with Crippen molar-refractivity contribution in [2.75, 3.05) is 7.11 Å². The van der Waals surface area contributed by atoms with Gasteiger partial charge in [-0.1, -0.05) is 0 Å². The van der Waals surface area contributed by atoms with Crippen molar-refractivity contribution in [3.63, 3.8) is 0 Å². The van der Waals surface area contributed by atoms with Crippen LogP contribution < -0.4 is 10.5 Å². The number of carboxylic acid groups (broad SMARTS) is 1. The lowest BCUT2D eigenvalue weighted by molar-refractivity contribution is -0.137. The highest BCUT2D eigenvalue weighted by atomic mass is 16.5. The topological polar surface area (TPSA) is 92.8 Å². The molecule has 1 unspecified atom stereocenters. The van der Waals surface area contributed by atoms with Crippen molar-refractivity contribution < 1.29 is 19.7 Å². The van der Waals surface area contributed by atoms with Gasteiger partial charge in [0.05, 0.1) is 7.11 Å². The molecule has 17 heavy (non-hydrogen) atoms. The lowest BCUT2D eigenvalue weighted by Crippen LogP contribution is -2.12. The molecule has 1 aromatic carbocycles. The number of methoxy groups -OCH3 is 1. The van der Waals surface area contributed by atoms with Crippen LogP contribution in [0, 0.1) is 6.92 Å². The number of carbonyl (C=O) groups is 1. The van der Waals surface area contributed by atoms with E-state index in [4.69, 9.17) is 15.6 Å². The van der Waals surface area contributed by atoms with Crippen molar-refractivity contribution in [2.45, 2.75) is 25.8 Å². The van der Waals surface area contributed by atoms with Gasteiger partial charge in [0.1, 0.15) is 11.5 Å². The number of rotatable bonds is 5. The number of aryl methyl sites for hydroxylation is 1. The van der Waals surface area contributed by atoms with Crippen LogP contribution in [0.25, 0.3) is 0 Å². The lowest BCUT2D eigenvalue weighted by Gasteiger charge is -2.15. The van der Waals surface area contributed by atoms with Gasteiger partial charge in [-0.25, -0.2) is 0 Å². The van der Waals surface area contributed by atoms with E-state index in [0.29, 0.717) is 11.3 Å². The van der Waals surface area contributed by atoms with Gasteiger partial charge in [-0.15, -0.1) is 0 Å². The minimum atomic E-state index is -0.898. The molecule has 5 nitrogen and oxygen atoms in total. The predicted octanol–water partition coefficient (Wildman–Crippen LogP) is 1.57. The Kier molecular flexibility index (Phi) is 4.34. The molecule has 1 aromatic rings. The van der Waals surface area contributed by atoms with Crippen molar-refractivity contribution in [3.05, 3.63) is 23.3 Å². The molecule has 1 rings (SSSR count). The predicted molar refractivity (Wildman–Crippen MR) is 63.2 cm³/mol. The van der Waals surface area contributed by atoms with Crippen molar-refractivity contribution in [3.8, 4) is 11.5 Å². The van der Waals surface area contributed by atoms with Crippen LogP contribution in [0.2, 0.25) is 0 Å². The van der Waals surface area contributed by atoms with E-state index in [9.17, 15) is 9.90 Å². The van der Waals surface area contributed by atoms with Gasteiger partial charge in [0, 0.05) is 24.1 Å². The van der Waals surface area contributed by atoms with Crippen molar-refractivity contribution in [1.29, 1.82) is 0 Å². The quantitative estimate of drug-likeness (QED) is 0.725. The van der Waals surface area contributed by atoms with Crippen LogP contribution in [0.3, 0.4) is 0 Å². The maximum absolute atomic E-state index is 10.4. The zero-order chi connectivity index (χ0) is 13.0. The first kappa shape index (κ1) is 13.3. The van der Waals surface area contributed by atoms with E-state index >= 15 is 0 Å². The minimum absolute atomic E-state index is 0.0221. The molecule has 0 aliphatic carbocycles. The van der Waals surface area contributed by atoms with E-state index in [1.807, 2.05) is 6.92 Å². The Balaban J connectivity index is 2.90. The Morgan fingerprint density at radius 2 is 2.18 bits per heavy atom. The number of phenolic OH excluding ortho intramolecular Hbond substituents is 1. The summed E-state index contributed by atoms with van der Waals surface area (Å²) in [6.45, 7) is 1.84. The molecule has 0 aliphatic heterocycles. The summed E-state index contributed by atoms with van der Waals surface area (Å²) in [6.07, 6.45) is 0.264. The molecule has 0 aliphatic rings. The molecule has 0 radical (unpaired) electrons. The standard InChI is InChI=1S/C12H17NO4/c1-7-5-8(9(13)3-4-12(15)16)10(14)6-11(7)17-2/h5-6,9,14H,3-4,13H2,1-2H3,(H,15,16). The molecule has 0 heterocycles. The fourth-order valence-corrected chi connectivity index (χ4v) is 1.65. The van der Waals surface area contributed by atoms with Crippen LogP contribution in [-0.2, 0) is 4.79 Å². The molecule has 4 N–H and O–H groups in total. The number of hydrogen-bond acceptors (Lipinski definition) is 4. The zero-order valence-corrected chi connectivity index (χ0v) is 9.93. The summed E-state index contributed by atoms with van der Waals surface area (Å²) in [6, 6.07) is 2.72. The van der Waals surface area contributed by atoms with Crippen LogP contribution in [0.15, 0.2) is 12.1 Å². The smallest absolute Gasteiger partial charge is 0.303 e. The molecular weight excluding hydrogens is 222 g/mol. The molecule has 5 heteroatoms. The van der Waals surface area contributed by atoms with E-state index in [2.05, 4.69) is 0 Å². The molecular formula is C12H17NO4. The van der Waals surface area contributed by atoms with E-state index in [1.54, 1.807) is 6.07 Å². The minimum Gasteiger partial charge on any atom is -0.507 e. The summed E-state index contributed by atoms with van der Waals surface area (Å²) in [7, 11) is 1.52. The number of aliphatic carboxylic acids is 1. The number of carboxylic acids is 1. The fourth-order valence-electron chi connectivity index (χ4n) is 1.65. The summed E-state index contributed by atoms with van der Waals surface area (Å²) >= 11 is 0. The summed E-state index contributed by atoms with van der Waals surface area (Å²) in [5.74, 6) is -0.285. The highest BCUT2D eigenvalue weighted by molar-refractivity contribution is 5.66. The van der Waals surface area contributed by atoms with Gasteiger partial charge in [-0.3, -0.25) is 4.79 Å². The highest BCUT2D eigenvalue weighted by Gasteiger charge is 2.14. The third-order valence-electron chi connectivity index (χ3n) is 2.61.